The Morgan fingerprint density at radius 1 is 1.24 bits per heavy atom. The van der Waals surface area contributed by atoms with Crippen molar-refractivity contribution in [1.82, 2.24) is 4.98 Å². The summed E-state index contributed by atoms with van der Waals surface area (Å²) in [4.78, 5) is 6.76. The second kappa shape index (κ2) is 4.59. The summed E-state index contributed by atoms with van der Waals surface area (Å²) >= 11 is 0. The maximum atomic E-state index is 8.47. The lowest BCUT2D eigenvalue weighted by atomic mass is 10.1. The molecule has 0 bridgehead atoms. The molecule has 17 heavy (non-hydrogen) atoms. The molecular formula is C11H10N4O2. The van der Waals surface area contributed by atoms with E-state index in [1.165, 1.54) is 0 Å². The average Bonchev–Trinajstić information content (AvgIpc) is 2.38. The Bertz CT molecular complexity index is 606. The van der Waals surface area contributed by atoms with Crippen LogP contribution in [-0.2, 0) is 0 Å². The van der Waals surface area contributed by atoms with Crippen molar-refractivity contribution < 1.29 is 9.47 Å². The van der Waals surface area contributed by atoms with Gasteiger partial charge in [0, 0.05) is 16.5 Å². The first-order valence-corrected chi connectivity index (χ1v) is 4.86. The SMILES string of the molecule is COc1cc2ccnc(N=[N+]=[N-])c2cc1OC. The molecule has 0 radical (unpaired) electrons. The van der Waals surface area contributed by atoms with Gasteiger partial charge in [-0.05, 0) is 34.2 Å². The Morgan fingerprint density at radius 2 is 1.94 bits per heavy atom. The molecule has 0 atom stereocenters. The summed E-state index contributed by atoms with van der Waals surface area (Å²) in [5, 5.41) is 5.14. The molecule has 0 N–H and O–H groups in total. The van der Waals surface area contributed by atoms with E-state index in [4.69, 9.17) is 15.0 Å². The third-order valence-electron chi connectivity index (χ3n) is 2.39. The summed E-state index contributed by atoms with van der Waals surface area (Å²) in [6.07, 6.45) is 1.58. The predicted octanol–water partition coefficient (Wildman–Crippen LogP) is 3.19. The van der Waals surface area contributed by atoms with Gasteiger partial charge in [-0.25, -0.2) is 0 Å². The van der Waals surface area contributed by atoms with Crippen molar-refractivity contribution in [2.75, 3.05) is 14.2 Å². The number of aromatic nitrogens is 1. The zero-order valence-corrected chi connectivity index (χ0v) is 9.41. The van der Waals surface area contributed by atoms with Gasteiger partial charge in [0.05, 0.1) is 14.2 Å². The molecule has 0 saturated carbocycles. The minimum Gasteiger partial charge on any atom is -0.493 e. The lowest BCUT2D eigenvalue weighted by Crippen LogP contribution is -1.90. The summed E-state index contributed by atoms with van der Waals surface area (Å²) in [5.74, 6) is 1.52. The molecule has 0 aliphatic rings. The van der Waals surface area contributed by atoms with E-state index in [1.807, 2.05) is 12.1 Å². The van der Waals surface area contributed by atoms with Gasteiger partial charge in [0.1, 0.15) is 5.82 Å². The molecule has 1 aromatic heterocycles. The molecular weight excluding hydrogens is 220 g/mol. The van der Waals surface area contributed by atoms with Crippen molar-refractivity contribution in [2.45, 2.75) is 0 Å². The molecule has 0 aliphatic heterocycles. The van der Waals surface area contributed by atoms with Crippen LogP contribution < -0.4 is 9.47 Å². The monoisotopic (exact) mass is 230 g/mol. The van der Waals surface area contributed by atoms with Crippen LogP contribution >= 0.6 is 0 Å². The Balaban J connectivity index is 2.77. The van der Waals surface area contributed by atoms with Crippen LogP contribution in [0.3, 0.4) is 0 Å². The van der Waals surface area contributed by atoms with E-state index >= 15 is 0 Å². The summed E-state index contributed by atoms with van der Waals surface area (Å²) < 4.78 is 10.4. The fraction of sp³-hybridized carbons (Fsp3) is 0.182. The van der Waals surface area contributed by atoms with Crippen LogP contribution in [0.1, 0.15) is 0 Å². The van der Waals surface area contributed by atoms with Gasteiger partial charge in [0.2, 0.25) is 0 Å². The second-order valence-corrected chi connectivity index (χ2v) is 3.25. The number of hydrogen-bond donors (Lipinski definition) is 0. The van der Waals surface area contributed by atoms with Crippen molar-refractivity contribution in [3.05, 3.63) is 34.8 Å². The highest BCUT2D eigenvalue weighted by Gasteiger charge is 2.08. The van der Waals surface area contributed by atoms with Crippen LogP contribution in [0, 0.1) is 0 Å². The number of ether oxygens (including phenoxy) is 2. The number of nitrogens with zero attached hydrogens (tertiary/aromatic N) is 4. The first kappa shape index (κ1) is 11.0. The smallest absolute Gasteiger partial charge is 0.161 e. The maximum Gasteiger partial charge on any atom is 0.161 e. The third kappa shape index (κ3) is 1.93. The molecule has 86 valence electrons. The number of azide groups is 1. The van der Waals surface area contributed by atoms with Crippen LogP contribution in [0.4, 0.5) is 5.82 Å². The topological polar surface area (TPSA) is 80.1 Å². The highest BCUT2D eigenvalue weighted by Crippen LogP contribution is 2.35. The molecule has 0 aliphatic carbocycles. The second-order valence-electron chi connectivity index (χ2n) is 3.25. The Morgan fingerprint density at radius 3 is 2.59 bits per heavy atom. The minimum absolute atomic E-state index is 0.325. The molecule has 0 amide bonds. The summed E-state index contributed by atoms with van der Waals surface area (Å²) in [5.41, 5.74) is 8.47. The van der Waals surface area contributed by atoms with Gasteiger partial charge in [0.15, 0.2) is 11.5 Å². The lowest BCUT2D eigenvalue weighted by molar-refractivity contribution is 0.356. The molecule has 6 heteroatoms. The van der Waals surface area contributed by atoms with Crippen LogP contribution in [-0.4, -0.2) is 19.2 Å². The molecule has 2 rings (SSSR count). The number of hydrogen-bond acceptors (Lipinski definition) is 4. The molecule has 0 fully saturated rings. The Labute approximate surface area is 97.4 Å². The number of rotatable bonds is 3. The van der Waals surface area contributed by atoms with Gasteiger partial charge in [-0.2, -0.15) is 0 Å². The minimum atomic E-state index is 0.325. The fourth-order valence-corrected chi connectivity index (χ4v) is 1.61. The van der Waals surface area contributed by atoms with E-state index in [0.29, 0.717) is 17.3 Å². The standard InChI is InChI=1S/C11H10N4O2/c1-16-9-5-7-3-4-13-11(14-15-12)8(7)6-10(9)17-2/h3-6H,1-2H3. The Kier molecular flexibility index (Phi) is 2.98. The molecule has 0 unspecified atom stereocenters. The van der Waals surface area contributed by atoms with Gasteiger partial charge in [-0.3, -0.25) is 4.98 Å². The summed E-state index contributed by atoms with van der Waals surface area (Å²) in [6, 6.07) is 5.37. The van der Waals surface area contributed by atoms with E-state index in [0.717, 1.165) is 10.8 Å². The number of methoxy groups -OCH3 is 2. The number of fused-ring (bicyclic) bond motifs is 1. The first-order chi connectivity index (χ1) is 8.30. The molecule has 0 saturated heterocycles. The van der Waals surface area contributed by atoms with E-state index in [-0.39, 0.29) is 0 Å². The molecule has 1 aromatic carbocycles. The van der Waals surface area contributed by atoms with Crippen LogP contribution in [0.5, 0.6) is 11.5 Å². The van der Waals surface area contributed by atoms with E-state index in [9.17, 15) is 0 Å². The predicted molar refractivity (Wildman–Crippen MR) is 63.7 cm³/mol. The van der Waals surface area contributed by atoms with E-state index in [2.05, 4.69) is 15.0 Å². The van der Waals surface area contributed by atoms with Gasteiger partial charge in [-0.1, -0.05) is 0 Å². The van der Waals surface area contributed by atoms with Gasteiger partial charge < -0.3 is 9.47 Å². The van der Waals surface area contributed by atoms with Crippen LogP contribution in [0.2, 0.25) is 0 Å². The average molecular weight is 230 g/mol. The third-order valence-corrected chi connectivity index (χ3v) is 2.39. The Hall–Kier alpha value is -2.46. The molecule has 6 nitrogen and oxygen atoms in total. The quantitative estimate of drug-likeness (QED) is 0.461. The van der Waals surface area contributed by atoms with Gasteiger partial charge >= 0.3 is 0 Å². The van der Waals surface area contributed by atoms with Crippen LogP contribution in [0.25, 0.3) is 21.2 Å². The first-order valence-electron chi connectivity index (χ1n) is 4.86. The van der Waals surface area contributed by atoms with Gasteiger partial charge in [0.25, 0.3) is 0 Å². The van der Waals surface area contributed by atoms with Crippen molar-refractivity contribution in [3.8, 4) is 11.5 Å². The summed E-state index contributed by atoms with van der Waals surface area (Å²) in [7, 11) is 3.12. The van der Waals surface area contributed by atoms with E-state index < -0.39 is 0 Å². The fourth-order valence-electron chi connectivity index (χ4n) is 1.61. The number of pyridine rings is 1. The van der Waals surface area contributed by atoms with E-state index in [1.54, 1.807) is 26.5 Å². The normalized spacial score (nSPS) is 9.76. The van der Waals surface area contributed by atoms with Crippen LogP contribution in [0.15, 0.2) is 29.5 Å². The molecule has 0 spiro atoms. The van der Waals surface area contributed by atoms with Crippen molar-refractivity contribution >= 4 is 16.6 Å². The van der Waals surface area contributed by atoms with Crippen molar-refractivity contribution in [1.29, 1.82) is 0 Å². The lowest BCUT2D eigenvalue weighted by Gasteiger charge is -2.09. The maximum absolute atomic E-state index is 8.47. The number of benzene rings is 1. The zero-order valence-electron chi connectivity index (χ0n) is 9.41. The van der Waals surface area contributed by atoms with Crippen molar-refractivity contribution in [3.63, 3.8) is 0 Å². The highest BCUT2D eigenvalue weighted by atomic mass is 16.5. The summed E-state index contributed by atoms with van der Waals surface area (Å²) in [6.45, 7) is 0. The zero-order chi connectivity index (χ0) is 12.3. The molecule has 1 heterocycles. The largest absolute Gasteiger partial charge is 0.493 e. The molecule has 2 aromatic rings. The van der Waals surface area contributed by atoms with Gasteiger partial charge in [-0.15, -0.1) is 0 Å². The van der Waals surface area contributed by atoms with Crippen molar-refractivity contribution in [2.24, 2.45) is 5.11 Å². The highest BCUT2D eigenvalue weighted by molar-refractivity contribution is 5.93.